The fraction of sp³-hybridized carbons (Fsp3) is 0.903. The molecular formula is C31H56O11. The van der Waals surface area contributed by atoms with Crippen LogP contribution in [0.15, 0.2) is 12.2 Å². The van der Waals surface area contributed by atoms with Gasteiger partial charge in [0.1, 0.15) is 54.6 Å². The molecule has 42 heavy (non-hydrogen) atoms. The molecule has 0 bridgehead atoms. The average Bonchev–Trinajstić information content (AvgIpc) is 2.98. The number of hydrogen-bond donors (Lipinski definition) is 7. The number of carbonyl (C=O) groups excluding carboxylic acids is 1. The van der Waals surface area contributed by atoms with Gasteiger partial charge in [-0.15, -0.1) is 0 Å². The fourth-order valence-electron chi connectivity index (χ4n) is 5.55. The third-order valence-corrected chi connectivity index (χ3v) is 8.25. The molecule has 0 saturated carbocycles. The summed E-state index contributed by atoms with van der Waals surface area (Å²) in [5.41, 5.74) is 0. The molecule has 0 radical (unpaired) electrons. The topological polar surface area (TPSA) is 186 Å². The molecule has 2 aliphatic rings. The lowest BCUT2D eigenvalue weighted by atomic mass is 9.91. The van der Waals surface area contributed by atoms with Crippen LogP contribution >= 0.6 is 0 Å². The highest BCUT2D eigenvalue weighted by atomic mass is 16.7. The average molecular weight is 605 g/mol. The van der Waals surface area contributed by atoms with E-state index in [4.69, 9.17) is 14.2 Å². The number of ether oxygens (including phenoxy) is 3. The van der Waals surface area contributed by atoms with Crippen LogP contribution in [-0.4, -0.2) is 116 Å². The van der Waals surface area contributed by atoms with Crippen molar-refractivity contribution in [2.24, 2.45) is 0 Å². The molecule has 7 N–H and O–H groups in total. The van der Waals surface area contributed by atoms with Crippen LogP contribution in [0.2, 0.25) is 0 Å². The second-order valence-electron chi connectivity index (χ2n) is 11.8. The molecule has 0 aromatic carbocycles. The van der Waals surface area contributed by atoms with Crippen molar-refractivity contribution in [3.05, 3.63) is 12.2 Å². The van der Waals surface area contributed by atoms with E-state index in [9.17, 15) is 40.5 Å². The lowest BCUT2D eigenvalue weighted by Gasteiger charge is -2.46. The van der Waals surface area contributed by atoms with Crippen molar-refractivity contribution < 1.29 is 54.8 Å². The van der Waals surface area contributed by atoms with Gasteiger partial charge in [-0.1, -0.05) is 70.4 Å². The fourth-order valence-corrected chi connectivity index (χ4v) is 5.55. The first-order valence-corrected chi connectivity index (χ1v) is 16.0. The zero-order valence-electron chi connectivity index (χ0n) is 25.2. The maximum Gasteiger partial charge on any atom is 0.187 e. The first kappa shape index (κ1) is 37.2. The summed E-state index contributed by atoms with van der Waals surface area (Å²) in [6.07, 6.45) is 5.35. The summed E-state index contributed by atoms with van der Waals surface area (Å²) in [4.78, 5) is 12.6. The van der Waals surface area contributed by atoms with E-state index in [0.717, 1.165) is 44.9 Å². The number of aliphatic hydroxyl groups excluding tert-OH is 7. The first-order chi connectivity index (χ1) is 20.2. The molecule has 0 aromatic heterocycles. The van der Waals surface area contributed by atoms with Crippen LogP contribution in [0.1, 0.15) is 103 Å². The van der Waals surface area contributed by atoms with Crippen molar-refractivity contribution in [2.75, 3.05) is 13.2 Å². The summed E-state index contributed by atoms with van der Waals surface area (Å²) >= 11 is 0. The SMILES string of the molecule is CCCCCCCC/C=C\CCCCCCCC(=O)CC1O[C@H](CO)[C@@H](O[C@@H]2O[C@H](CO)[C@H](O)[C@H](O)[C@H]2O)[C@H](O)[C@H]1O. The molecule has 0 amide bonds. The normalized spacial score (nSPS) is 33.8. The number of hydrogen-bond acceptors (Lipinski definition) is 11. The van der Waals surface area contributed by atoms with Gasteiger partial charge in [-0.2, -0.15) is 0 Å². The van der Waals surface area contributed by atoms with Gasteiger partial charge < -0.3 is 50.0 Å². The highest BCUT2D eigenvalue weighted by Gasteiger charge is 2.50. The molecule has 2 aliphatic heterocycles. The minimum absolute atomic E-state index is 0.117. The summed E-state index contributed by atoms with van der Waals surface area (Å²) in [6, 6.07) is 0. The lowest BCUT2D eigenvalue weighted by molar-refractivity contribution is -0.341. The van der Waals surface area contributed by atoms with Crippen LogP contribution in [0.3, 0.4) is 0 Å². The molecule has 2 heterocycles. The highest BCUT2D eigenvalue weighted by molar-refractivity contribution is 5.78. The minimum atomic E-state index is -1.72. The second-order valence-corrected chi connectivity index (χ2v) is 11.8. The molecule has 2 rings (SSSR count). The smallest absolute Gasteiger partial charge is 0.187 e. The van der Waals surface area contributed by atoms with Crippen LogP contribution in [0.4, 0.5) is 0 Å². The van der Waals surface area contributed by atoms with Crippen molar-refractivity contribution in [1.29, 1.82) is 0 Å². The Balaban J connectivity index is 1.64. The maximum absolute atomic E-state index is 12.6. The predicted octanol–water partition coefficient (Wildman–Crippen LogP) is 1.65. The standard InChI is InChI=1S/C31H56O11/c1-2-3-4-5-6-7-8-9-10-11-12-13-14-15-16-17-21(34)18-22-25(35)28(38)30(24(20-33)40-22)42-31-29(39)27(37)26(36)23(19-32)41-31/h9-10,22-33,35-39H,2-8,11-20H2,1H3/b10-9-/t22?,23-,24-,25+,26+,27+,28-,29-,30-,31+/m1/s1. The highest BCUT2D eigenvalue weighted by Crippen LogP contribution is 2.30. The van der Waals surface area contributed by atoms with Gasteiger partial charge in [0.25, 0.3) is 0 Å². The van der Waals surface area contributed by atoms with Gasteiger partial charge in [0, 0.05) is 12.8 Å². The number of rotatable bonds is 21. The van der Waals surface area contributed by atoms with E-state index in [1.165, 1.54) is 38.5 Å². The molecule has 246 valence electrons. The zero-order valence-corrected chi connectivity index (χ0v) is 25.2. The maximum atomic E-state index is 12.6. The van der Waals surface area contributed by atoms with Gasteiger partial charge in [0.2, 0.25) is 0 Å². The van der Waals surface area contributed by atoms with E-state index in [-0.39, 0.29) is 12.2 Å². The molecule has 10 atom stereocenters. The van der Waals surface area contributed by atoms with Gasteiger partial charge in [-0.25, -0.2) is 0 Å². The van der Waals surface area contributed by atoms with Crippen molar-refractivity contribution in [2.45, 2.75) is 164 Å². The zero-order chi connectivity index (χ0) is 30.9. The Bertz CT molecular complexity index is 746. The van der Waals surface area contributed by atoms with E-state index in [1.807, 2.05) is 0 Å². The number of carbonyl (C=O) groups is 1. The number of aliphatic hydroxyl groups is 7. The monoisotopic (exact) mass is 604 g/mol. The van der Waals surface area contributed by atoms with E-state index in [2.05, 4.69) is 19.1 Å². The molecular weight excluding hydrogens is 548 g/mol. The number of unbranched alkanes of at least 4 members (excludes halogenated alkanes) is 11. The van der Waals surface area contributed by atoms with Gasteiger partial charge in [-0.3, -0.25) is 4.79 Å². The van der Waals surface area contributed by atoms with Crippen molar-refractivity contribution in [3.8, 4) is 0 Å². The Morgan fingerprint density at radius 3 is 1.79 bits per heavy atom. The van der Waals surface area contributed by atoms with E-state index < -0.39 is 74.4 Å². The first-order valence-electron chi connectivity index (χ1n) is 16.0. The summed E-state index contributed by atoms with van der Waals surface area (Å²) in [6.45, 7) is 0.948. The van der Waals surface area contributed by atoms with Crippen molar-refractivity contribution in [1.82, 2.24) is 0 Å². The van der Waals surface area contributed by atoms with E-state index in [1.54, 1.807) is 0 Å². The Morgan fingerprint density at radius 2 is 1.19 bits per heavy atom. The Labute approximate surface area is 250 Å². The molecule has 1 unspecified atom stereocenters. The Morgan fingerprint density at radius 1 is 0.643 bits per heavy atom. The molecule has 0 spiro atoms. The van der Waals surface area contributed by atoms with Crippen LogP contribution in [0.25, 0.3) is 0 Å². The Hall–Kier alpha value is -0.990. The summed E-state index contributed by atoms with van der Waals surface area (Å²) in [7, 11) is 0. The molecule has 11 nitrogen and oxygen atoms in total. The Kier molecular flexibility index (Phi) is 18.5. The molecule has 0 aliphatic carbocycles. The molecule has 0 aromatic rings. The van der Waals surface area contributed by atoms with Gasteiger partial charge in [0.05, 0.1) is 19.3 Å². The van der Waals surface area contributed by atoms with E-state index in [0.29, 0.717) is 6.42 Å². The van der Waals surface area contributed by atoms with Crippen LogP contribution in [-0.2, 0) is 19.0 Å². The van der Waals surface area contributed by atoms with Gasteiger partial charge in [-0.05, 0) is 32.1 Å². The van der Waals surface area contributed by atoms with Gasteiger partial charge >= 0.3 is 0 Å². The van der Waals surface area contributed by atoms with Crippen LogP contribution < -0.4 is 0 Å². The van der Waals surface area contributed by atoms with Crippen molar-refractivity contribution in [3.63, 3.8) is 0 Å². The van der Waals surface area contributed by atoms with E-state index >= 15 is 0 Å². The molecule has 2 saturated heterocycles. The third kappa shape index (κ3) is 12.2. The predicted molar refractivity (Wildman–Crippen MR) is 155 cm³/mol. The minimum Gasteiger partial charge on any atom is -0.394 e. The van der Waals surface area contributed by atoms with Crippen LogP contribution in [0.5, 0.6) is 0 Å². The molecule has 11 heteroatoms. The lowest BCUT2D eigenvalue weighted by Crippen LogP contribution is -2.64. The largest absolute Gasteiger partial charge is 0.394 e. The summed E-state index contributed by atoms with van der Waals surface area (Å²) in [5.74, 6) is -0.117. The second kappa shape index (κ2) is 20.9. The van der Waals surface area contributed by atoms with Crippen LogP contribution in [0, 0.1) is 0 Å². The molecule has 2 fully saturated rings. The van der Waals surface area contributed by atoms with Crippen molar-refractivity contribution >= 4 is 5.78 Å². The third-order valence-electron chi connectivity index (χ3n) is 8.25. The number of Topliss-reactive ketones (excluding diaryl/α,β-unsaturated/α-hetero) is 1. The summed E-state index contributed by atoms with van der Waals surface area (Å²) < 4.78 is 16.6. The number of allylic oxidation sites excluding steroid dienone is 2. The number of ketones is 1. The summed E-state index contributed by atoms with van der Waals surface area (Å²) in [5, 5.41) is 70.7. The van der Waals surface area contributed by atoms with Gasteiger partial charge in [0.15, 0.2) is 6.29 Å². The quantitative estimate of drug-likeness (QED) is 0.0746.